The van der Waals surface area contributed by atoms with Gasteiger partial charge in [0.25, 0.3) is 10.0 Å². The van der Waals surface area contributed by atoms with Gasteiger partial charge in [-0.25, -0.2) is 8.42 Å². The number of benzene rings is 3. The van der Waals surface area contributed by atoms with Crippen molar-refractivity contribution in [2.24, 2.45) is 0 Å². The minimum atomic E-state index is -4.75. The fourth-order valence-electron chi connectivity index (χ4n) is 4.35. The molecule has 43 heavy (non-hydrogen) atoms. The van der Waals surface area contributed by atoms with Gasteiger partial charge in [-0.05, 0) is 74.7 Å². The minimum absolute atomic E-state index is 0.0660. The summed E-state index contributed by atoms with van der Waals surface area (Å²) in [5, 5.41) is 3.33. The maximum absolute atomic E-state index is 14.1. The first-order valence-corrected chi connectivity index (χ1v) is 15.6. The van der Waals surface area contributed by atoms with E-state index in [1.807, 2.05) is 13.8 Å². The highest BCUT2D eigenvalue weighted by Gasteiger charge is 2.36. The molecular weight excluding hydrogens is 603 g/mol. The molecular formula is C31H35ClF3N3O4S. The van der Waals surface area contributed by atoms with Gasteiger partial charge in [-0.2, -0.15) is 13.2 Å². The molecule has 3 aromatic carbocycles. The lowest BCUT2D eigenvalue weighted by Crippen LogP contribution is -2.53. The third kappa shape index (κ3) is 8.73. The third-order valence-corrected chi connectivity index (χ3v) is 9.04. The molecule has 0 saturated heterocycles. The molecule has 0 aromatic heterocycles. The van der Waals surface area contributed by atoms with Gasteiger partial charge in [0.2, 0.25) is 11.8 Å². The number of rotatable bonds is 12. The van der Waals surface area contributed by atoms with Crippen LogP contribution in [0.4, 0.5) is 18.9 Å². The second-order valence-corrected chi connectivity index (χ2v) is 12.6. The van der Waals surface area contributed by atoms with E-state index in [2.05, 4.69) is 5.32 Å². The summed E-state index contributed by atoms with van der Waals surface area (Å²) in [5.74, 6) is -1.19. The molecule has 0 radical (unpaired) electrons. The van der Waals surface area contributed by atoms with E-state index >= 15 is 0 Å². The Bertz CT molecular complexity index is 1510. The van der Waals surface area contributed by atoms with Gasteiger partial charge in [0.05, 0.1) is 16.1 Å². The molecule has 2 atom stereocenters. The number of carbonyl (C=O) groups excluding carboxylic acids is 2. The molecule has 0 aliphatic carbocycles. The monoisotopic (exact) mass is 637 g/mol. The van der Waals surface area contributed by atoms with Crippen molar-refractivity contribution in [1.82, 2.24) is 10.2 Å². The Labute approximate surface area is 255 Å². The molecule has 0 spiro atoms. The number of amides is 2. The lowest BCUT2D eigenvalue weighted by atomic mass is 10.1. The van der Waals surface area contributed by atoms with Gasteiger partial charge in [-0.3, -0.25) is 13.9 Å². The summed E-state index contributed by atoms with van der Waals surface area (Å²) in [6.45, 7) is 6.28. The Morgan fingerprint density at radius 2 is 1.58 bits per heavy atom. The van der Waals surface area contributed by atoms with Crippen LogP contribution in [0.15, 0.2) is 77.7 Å². The van der Waals surface area contributed by atoms with Crippen LogP contribution < -0.4 is 9.62 Å². The number of aryl methyl sites for hydroxylation is 1. The van der Waals surface area contributed by atoms with Gasteiger partial charge >= 0.3 is 6.18 Å². The summed E-state index contributed by atoms with van der Waals surface area (Å²) in [5.41, 5.74) is -0.0151. The summed E-state index contributed by atoms with van der Waals surface area (Å²) in [7, 11) is -4.52. The second kappa shape index (κ2) is 14.3. The normalized spacial score (nSPS) is 13.2. The number of halogens is 4. The molecule has 232 valence electrons. The van der Waals surface area contributed by atoms with Crippen molar-refractivity contribution >= 4 is 39.1 Å². The summed E-state index contributed by atoms with van der Waals surface area (Å²) >= 11 is 6.03. The highest BCUT2D eigenvalue weighted by Crippen LogP contribution is 2.33. The van der Waals surface area contributed by atoms with Crippen LogP contribution in [-0.2, 0) is 32.3 Å². The topological polar surface area (TPSA) is 86.8 Å². The van der Waals surface area contributed by atoms with E-state index in [0.717, 1.165) is 17.7 Å². The predicted molar refractivity (Wildman–Crippen MR) is 161 cm³/mol. The van der Waals surface area contributed by atoms with Gasteiger partial charge in [-0.1, -0.05) is 61.3 Å². The van der Waals surface area contributed by atoms with Gasteiger partial charge in [0.15, 0.2) is 0 Å². The van der Waals surface area contributed by atoms with E-state index < -0.39 is 46.2 Å². The molecule has 12 heteroatoms. The van der Waals surface area contributed by atoms with Crippen LogP contribution >= 0.6 is 11.6 Å². The lowest BCUT2D eigenvalue weighted by Gasteiger charge is -2.34. The Balaban J connectivity index is 2.12. The first kappa shape index (κ1) is 33.9. The van der Waals surface area contributed by atoms with Crippen molar-refractivity contribution in [3.05, 3.63) is 94.5 Å². The van der Waals surface area contributed by atoms with E-state index in [1.165, 1.54) is 23.1 Å². The van der Waals surface area contributed by atoms with Crippen molar-refractivity contribution in [2.45, 2.75) is 70.2 Å². The molecule has 7 nitrogen and oxygen atoms in total. The fourth-order valence-corrected chi connectivity index (χ4v) is 5.88. The molecule has 0 bridgehead atoms. The highest BCUT2D eigenvalue weighted by atomic mass is 35.5. The van der Waals surface area contributed by atoms with E-state index in [4.69, 9.17) is 11.6 Å². The molecule has 3 rings (SSSR count). The van der Waals surface area contributed by atoms with E-state index in [-0.39, 0.29) is 29.6 Å². The van der Waals surface area contributed by atoms with Crippen molar-refractivity contribution in [3.63, 3.8) is 0 Å². The van der Waals surface area contributed by atoms with Gasteiger partial charge in [0, 0.05) is 17.6 Å². The first-order chi connectivity index (χ1) is 20.2. The van der Waals surface area contributed by atoms with Crippen LogP contribution in [0.25, 0.3) is 0 Å². The zero-order valence-corrected chi connectivity index (χ0v) is 25.9. The van der Waals surface area contributed by atoms with Crippen LogP contribution in [-0.4, -0.2) is 43.8 Å². The largest absolute Gasteiger partial charge is 0.416 e. The van der Waals surface area contributed by atoms with E-state index in [9.17, 15) is 31.2 Å². The van der Waals surface area contributed by atoms with Crippen LogP contribution in [0.5, 0.6) is 0 Å². The maximum atomic E-state index is 14.1. The molecule has 2 amide bonds. The average Bonchev–Trinajstić information content (AvgIpc) is 2.96. The predicted octanol–water partition coefficient (Wildman–Crippen LogP) is 6.58. The van der Waals surface area contributed by atoms with Gasteiger partial charge in [0.1, 0.15) is 12.6 Å². The van der Waals surface area contributed by atoms with Gasteiger partial charge < -0.3 is 10.2 Å². The number of hydrogen-bond acceptors (Lipinski definition) is 4. The smallest absolute Gasteiger partial charge is 0.352 e. The first-order valence-electron chi connectivity index (χ1n) is 13.8. The molecule has 0 heterocycles. The Kier molecular flexibility index (Phi) is 11.3. The number of nitrogens with one attached hydrogen (secondary N) is 1. The molecule has 0 unspecified atom stereocenters. The zero-order chi connectivity index (χ0) is 31.9. The second-order valence-electron chi connectivity index (χ2n) is 10.3. The van der Waals surface area contributed by atoms with Crippen LogP contribution in [0.3, 0.4) is 0 Å². The Hall–Kier alpha value is -3.57. The average molecular weight is 638 g/mol. The minimum Gasteiger partial charge on any atom is -0.352 e. The van der Waals surface area contributed by atoms with Crippen LogP contribution in [0.1, 0.15) is 50.3 Å². The maximum Gasteiger partial charge on any atom is 0.416 e. The molecule has 1 N–H and O–H groups in total. The number of anilines is 1. The van der Waals surface area contributed by atoms with E-state index in [1.54, 1.807) is 50.2 Å². The summed E-state index contributed by atoms with van der Waals surface area (Å²) in [6.07, 6.45) is -3.90. The van der Waals surface area contributed by atoms with Crippen molar-refractivity contribution < 1.29 is 31.2 Å². The number of carbonyl (C=O) groups is 2. The molecule has 0 saturated carbocycles. The standard InChI is InChI=1S/C31H35ClF3N3O4S/c1-5-22(4)36-30(40)28(6-2)37(19-23-12-14-25(32)15-13-23)29(39)20-38(26-9-7-8-24(18-26)31(33,34)35)43(41,42)27-16-10-21(3)11-17-27/h7-18,22,28H,5-6,19-20H2,1-4H3,(H,36,40)/t22-,28+/m0/s1. The lowest BCUT2D eigenvalue weighted by molar-refractivity contribution is -0.140. The van der Waals surface area contributed by atoms with Crippen molar-refractivity contribution in [1.29, 1.82) is 0 Å². The highest BCUT2D eigenvalue weighted by molar-refractivity contribution is 7.92. The number of nitrogens with zero attached hydrogens (tertiary/aromatic N) is 2. The molecule has 0 aliphatic heterocycles. The zero-order valence-electron chi connectivity index (χ0n) is 24.4. The fraction of sp³-hybridized carbons (Fsp3) is 0.355. The van der Waals surface area contributed by atoms with Crippen LogP contribution in [0, 0.1) is 6.92 Å². The quantitative estimate of drug-likeness (QED) is 0.243. The Morgan fingerprint density at radius 1 is 0.953 bits per heavy atom. The third-order valence-electron chi connectivity index (χ3n) is 7.00. The SMILES string of the molecule is CC[C@H](C(=O)N[C@@H](C)CC)N(Cc1ccc(Cl)cc1)C(=O)CN(c1cccc(C(F)(F)F)c1)S(=O)(=O)c1ccc(C)cc1. The number of hydrogen-bond donors (Lipinski definition) is 1. The Morgan fingerprint density at radius 3 is 2.14 bits per heavy atom. The number of sulfonamides is 1. The summed E-state index contributed by atoms with van der Waals surface area (Å²) in [4.78, 5) is 28.4. The van der Waals surface area contributed by atoms with Gasteiger partial charge in [-0.15, -0.1) is 0 Å². The molecule has 0 fully saturated rings. The summed E-state index contributed by atoms with van der Waals surface area (Å²) < 4.78 is 69.3. The van der Waals surface area contributed by atoms with Crippen molar-refractivity contribution in [3.8, 4) is 0 Å². The molecule has 0 aliphatic rings. The van der Waals surface area contributed by atoms with Crippen LogP contribution in [0.2, 0.25) is 5.02 Å². The molecule has 3 aromatic rings. The van der Waals surface area contributed by atoms with E-state index in [0.29, 0.717) is 27.4 Å². The summed E-state index contributed by atoms with van der Waals surface area (Å²) in [6, 6.07) is 15.0. The van der Waals surface area contributed by atoms with Crippen molar-refractivity contribution in [2.75, 3.05) is 10.8 Å². The number of alkyl halides is 3.